The molecule has 1 saturated heterocycles. The molecule has 1 amide bonds. The van der Waals surface area contributed by atoms with E-state index in [1.54, 1.807) is 19.3 Å². The Hall–Kier alpha value is -2.34. The minimum absolute atomic E-state index is 0.303. The fourth-order valence-corrected chi connectivity index (χ4v) is 2.86. The Bertz CT molecular complexity index is 673. The lowest BCUT2D eigenvalue weighted by atomic mass is 10.1. The van der Waals surface area contributed by atoms with Gasteiger partial charge in [-0.2, -0.15) is 0 Å². The van der Waals surface area contributed by atoms with Gasteiger partial charge in [-0.15, -0.1) is 0 Å². The van der Waals surface area contributed by atoms with Crippen LogP contribution in [0.2, 0.25) is 0 Å². The molecule has 0 saturated carbocycles. The Labute approximate surface area is 129 Å². The molecule has 2 aromatic rings. The van der Waals surface area contributed by atoms with Crippen molar-refractivity contribution in [3.8, 4) is 0 Å². The summed E-state index contributed by atoms with van der Waals surface area (Å²) in [7, 11) is 0. The molecule has 1 aliphatic heterocycles. The molecule has 0 unspecified atom stereocenters. The molecule has 1 fully saturated rings. The maximum atomic E-state index is 11.2. The summed E-state index contributed by atoms with van der Waals surface area (Å²) in [6.07, 6.45) is 6.25. The number of hydrogen-bond donors (Lipinski definition) is 1. The summed E-state index contributed by atoms with van der Waals surface area (Å²) in [6, 6.07) is 4.04. The number of pyridine rings is 1. The number of likely N-dealkylation sites (tertiary alicyclic amines) is 1. The van der Waals surface area contributed by atoms with Crippen LogP contribution in [-0.2, 0) is 6.54 Å². The van der Waals surface area contributed by atoms with Crippen molar-refractivity contribution in [2.75, 3.05) is 13.1 Å². The topological polar surface area (TPSA) is 85.0 Å². The van der Waals surface area contributed by atoms with E-state index < -0.39 is 5.91 Å². The van der Waals surface area contributed by atoms with Crippen molar-refractivity contribution in [3.63, 3.8) is 0 Å². The SMILES string of the molecule is Cc1nc([C@H]2CCN(Cc3cccnc3)C2)ncc1C(N)=O. The monoisotopic (exact) mass is 297 g/mol. The van der Waals surface area contributed by atoms with Gasteiger partial charge in [-0.25, -0.2) is 9.97 Å². The molecule has 0 radical (unpaired) electrons. The Morgan fingerprint density at radius 3 is 3.00 bits per heavy atom. The van der Waals surface area contributed by atoms with Gasteiger partial charge in [-0.1, -0.05) is 6.07 Å². The van der Waals surface area contributed by atoms with E-state index >= 15 is 0 Å². The van der Waals surface area contributed by atoms with Gasteiger partial charge in [0.2, 0.25) is 0 Å². The lowest BCUT2D eigenvalue weighted by Gasteiger charge is -2.15. The number of hydrogen-bond acceptors (Lipinski definition) is 5. The minimum atomic E-state index is -0.478. The largest absolute Gasteiger partial charge is 0.365 e. The van der Waals surface area contributed by atoms with E-state index in [0.29, 0.717) is 17.2 Å². The molecule has 114 valence electrons. The average Bonchev–Trinajstić information content (AvgIpc) is 2.96. The lowest BCUT2D eigenvalue weighted by molar-refractivity contribution is 0.0999. The zero-order valence-electron chi connectivity index (χ0n) is 12.6. The number of carbonyl (C=O) groups excluding carboxylic acids is 1. The molecule has 1 aliphatic rings. The van der Waals surface area contributed by atoms with E-state index in [0.717, 1.165) is 31.9 Å². The van der Waals surface area contributed by atoms with E-state index in [1.165, 1.54) is 5.56 Å². The molecule has 3 heterocycles. The second kappa shape index (κ2) is 6.19. The van der Waals surface area contributed by atoms with Crippen LogP contribution in [0.1, 0.15) is 39.8 Å². The maximum Gasteiger partial charge on any atom is 0.252 e. The zero-order chi connectivity index (χ0) is 15.5. The van der Waals surface area contributed by atoms with Gasteiger partial charge in [0.25, 0.3) is 5.91 Å². The molecular formula is C16H19N5O. The second-order valence-electron chi connectivity index (χ2n) is 5.67. The number of nitrogens with two attached hydrogens (primary N) is 1. The highest BCUT2D eigenvalue weighted by molar-refractivity contribution is 5.93. The van der Waals surface area contributed by atoms with Gasteiger partial charge in [0.15, 0.2) is 0 Å². The van der Waals surface area contributed by atoms with Crippen molar-refractivity contribution >= 4 is 5.91 Å². The molecule has 2 N–H and O–H groups in total. The molecule has 0 aromatic carbocycles. The predicted molar refractivity (Wildman–Crippen MR) is 82.2 cm³/mol. The normalized spacial score (nSPS) is 18.5. The van der Waals surface area contributed by atoms with Crippen molar-refractivity contribution in [1.29, 1.82) is 0 Å². The van der Waals surface area contributed by atoms with Gasteiger partial charge in [0.1, 0.15) is 5.82 Å². The first-order valence-electron chi connectivity index (χ1n) is 7.38. The molecule has 0 bridgehead atoms. The molecular weight excluding hydrogens is 278 g/mol. The van der Waals surface area contributed by atoms with Crippen LogP contribution < -0.4 is 5.73 Å². The van der Waals surface area contributed by atoms with Crippen LogP contribution in [0.15, 0.2) is 30.7 Å². The molecule has 6 heteroatoms. The Kier molecular flexibility index (Phi) is 4.11. The minimum Gasteiger partial charge on any atom is -0.365 e. The van der Waals surface area contributed by atoms with Gasteiger partial charge < -0.3 is 5.73 Å². The molecule has 0 spiro atoms. The van der Waals surface area contributed by atoms with Crippen LogP contribution in [0, 0.1) is 6.92 Å². The molecule has 6 nitrogen and oxygen atoms in total. The summed E-state index contributed by atoms with van der Waals surface area (Å²) in [5, 5.41) is 0. The van der Waals surface area contributed by atoms with Gasteiger partial charge >= 0.3 is 0 Å². The fraction of sp³-hybridized carbons (Fsp3) is 0.375. The average molecular weight is 297 g/mol. The van der Waals surface area contributed by atoms with Crippen molar-refractivity contribution < 1.29 is 4.79 Å². The maximum absolute atomic E-state index is 11.2. The standard InChI is InChI=1S/C16H19N5O/c1-11-14(15(17)22)8-19-16(20-11)13-4-6-21(10-13)9-12-3-2-5-18-7-12/h2-3,5,7-8,13H,4,6,9-10H2,1H3,(H2,17,22)/t13-/m0/s1. The van der Waals surface area contributed by atoms with Crippen molar-refractivity contribution in [2.24, 2.45) is 5.73 Å². The second-order valence-corrected chi connectivity index (χ2v) is 5.67. The van der Waals surface area contributed by atoms with Gasteiger partial charge in [0, 0.05) is 37.6 Å². The summed E-state index contributed by atoms with van der Waals surface area (Å²) >= 11 is 0. The molecule has 0 aliphatic carbocycles. The Morgan fingerprint density at radius 1 is 1.45 bits per heavy atom. The number of amides is 1. The summed E-state index contributed by atoms with van der Waals surface area (Å²) in [6.45, 7) is 4.63. The molecule has 22 heavy (non-hydrogen) atoms. The summed E-state index contributed by atoms with van der Waals surface area (Å²) in [5.41, 5.74) is 7.56. The summed E-state index contributed by atoms with van der Waals surface area (Å²) in [4.78, 5) is 26.6. The number of nitrogens with zero attached hydrogens (tertiary/aromatic N) is 4. The summed E-state index contributed by atoms with van der Waals surface area (Å²) < 4.78 is 0. The third-order valence-corrected chi connectivity index (χ3v) is 4.03. The number of carbonyl (C=O) groups is 1. The van der Waals surface area contributed by atoms with E-state index in [4.69, 9.17) is 5.73 Å². The molecule has 3 rings (SSSR count). The van der Waals surface area contributed by atoms with E-state index in [9.17, 15) is 4.79 Å². The lowest BCUT2D eigenvalue weighted by Crippen LogP contribution is -2.21. The number of primary amides is 1. The fourth-order valence-electron chi connectivity index (χ4n) is 2.86. The Balaban J connectivity index is 1.67. The first-order valence-corrected chi connectivity index (χ1v) is 7.38. The van der Waals surface area contributed by atoms with Crippen LogP contribution in [0.4, 0.5) is 0 Å². The number of aryl methyl sites for hydroxylation is 1. The molecule has 2 aromatic heterocycles. The van der Waals surface area contributed by atoms with Gasteiger partial charge in [0.05, 0.1) is 11.3 Å². The van der Waals surface area contributed by atoms with Crippen LogP contribution >= 0.6 is 0 Å². The van der Waals surface area contributed by atoms with Crippen LogP contribution in [0.3, 0.4) is 0 Å². The zero-order valence-corrected chi connectivity index (χ0v) is 12.6. The predicted octanol–water partition coefficient (Wildman–Crippen LogP) is 1.27. The van der Waals surface area contributed by atoms with Crippen LogP contribution in [0.5, 0.6) is 0 Å². The third kappa shape index (κ3) is 3.12. The third-order valence-electron chi connectivity index (χ3n) is 4.03. The number of rotatable bonds is 4. The van der Waals surface area contributed by atoms with E-state index in [1.807, 2.05) is 12.3 Å². The first-order chi connectivity index (χ1) is 10.6. The smallest absolute Gasteiger partial charge is 0.252 e. The van der Waals surface area contributed by atoms with E-state index in [2.05, 4.69) is 25.9 Å². The molecule has 1 atom stereocenters. The summed E-state index contributed by atoms with van der Waals surface area (Å²) in [5.74, 6) is 0.627. The van der Waals surface area contributed by atoms with E-state index in [-0.39, 0.29) is 0 Å². The first kappa shape index (κ1) is 14.6. The van der Waals surface area contributed by atoms with Crippen molar-refractivity contribution in [1.82, 2.24) is 19.9 Å². The number of aromatic nitrogens is 3. The highest BCUT2D eigenvalue weighted by Crippen LogP contribution is 2.26. The van der Waals surface area contributed by atoms with Gasteiger partial charge in [-0.3, -0.25) is 14.7 Å². The quantitative estimate of drug-likeness (QED) is 0.918. The van der Waals surface area contributed by atoms with Gasteiger partial charge in [-0.05, 0) is 31.5 Å². The highest BCUT2D eigenvalue weighted by Gasteiger charge is 2.26. The highest BCUT2D eigenvalue weighted by atomic mass is 16.1. The Morgan fingerprint density at radius 2 is 2.32 bits per heavy atom. The van der Waals surface area contributed by atoms with Crippen LogP contribution in [-0.4, -0.2) is 38.8 Å². The van der Waals surface area contributed by atoms with Crippen molar-refractivity contribution in [3.05, 3.63) is 53.4 Å². The van der Waals surface area contributed by atoms with Crippen LogP contribution in [0.25, 0.3) is 0 Å². The van der Waals surface area contributed by atoms with Crippen molar-refractivity contribution in [2.45, 2.75) is 25.8 Å².